The van der Waals surface area contributed by atoms with E-state index < -0.39 is 53.2 Å². The van der Waals surface area contributed by atoms with Gasteiger partial charge in [-0.2, -0.15) is 0 Å². The fourth-order valence-corrected chi connectivity index (χ4v) is 4.56. The predicted molar refractivity (Wildman–Crippen MR) is 167 cm³/mol. The third-order valence-corrected chi connectivity index (χ3v) is 6.82. The number of rotatable bonds is 10. The number of hydrogen-bond acceptors (Lipinski definition) is 6. The Kier molecular flexibility index (Phi) is 11.9. The van der Waals surface area contributed by atoms with E-state index in [1.807, 2.05) is 56.3 Å². The molecule has 0 heterocycles. The van der Waals surface area contributed by atoms with E-state index in [1.165, 1.54) is 11.9 Å². The fraction of sp³-hybridized carbons (Fsp3) is 0.529. The molecule has 0 aromatic heterocycles. The van der Waals surface area contributed by atoms with Crippen LogP contribution < -0.4 is 10.6 Å². The zero-order valence-electron chi connectivity index (χ0n) is 27.5. The third kappa shape index (κ3) is 10.7. The number of esters is 1. The highest BCUT2D eigenvalue weighted by molar-refractivity contribution is 5.94. The Morgan fingerprint density at radius 2 is 1.40 bits per heavy atom. The van der Waals surface area contributed by atoms with Crippen LogP contribution in [0.3, 0.4) is 0 Å². The molecule has 236 valence electrons. The molecule has 0 radical (unpaired) electrons. The van der Waals surface area contributed by atoms with Gasteiger partial charge in [-0.3, -0.25) is 9.59 Å². The van der Waals surface area contributed by atoms with Gasteiger partial charge in [0.05, 0.1) is 0 Å². The molecule has 3 unspecified atom stereocenters. The number of aryl methyl sites for hydroxylation is 1. The molecule has 0 saturated carbocycles. The first-order valence-electron chi connectivity index (χ1n) is 14.7. The average Bonchev–Trinajstić information content (AvgIpc) is 2.87. The largest absolute Gasteiger partial charge is 0.458 e. The van der Waals surface area contributed by atoms with Gasteiger partial charge in [-0.15, -0.1) is 0 Å². The first-order valence-corrected chi connectivity index (χ1v) is 14.7. The number of amides is 3. The minimum absolute atomic E-state index is 0.202. The zero-order chi connectivity index (χ0) is 32.7. The summed E-state index contributed by atoms with van der Waals surface area (Å²) >= 11 is 0. The molecule has 3 atom stereocenters. The summed E-state index contributed by atoms with van der Waals surface area (Å²) in [6.45, 7) is 17.9. The van der Waals surface area contributed by atoms with E-state index in [1.54, 1.807) is 61.5 Å². The predicted octanol–water partition coefficient (Wildman–Crippen LogP) is 5.42. The normalized spacial score (nSPS) is 13.9. The number of ether oxygens (including phenoxy) is 2. The lowest BCUT2D eigenvalue weighted by molar-refractivity contribution is -0.159. The van der Waals surface area contributed by atoms with Gasteiger partial charge >= 0.3 is 12.1 Å². The van der Waals surface area contributed by atoms with Crippen molar-refractivity contribution < 1.29 is 28.7 Å². The second-order valence-corrected chi connectivity index (χ2v) is 13.3. The molecule has 2 aromatic carbocycles. The summed E-state index contributed by atoms with van der Waals surface area (Å²) in [7, 11) is 1.53. The SMILES string of the molecule is Cc1cccc(C(C(=O)NC(Cc2ccccc2)C(=O)OC(C)(C)C)N(C)C(=O)C(NC(=O)OC(C)(C)C)C(C)C)c1C. The molecule has 0 aliphatic heterocycles. The molecular formula is C34H49N3O6. The summed E-state index contributed by atoms with van der Waals surface area (Å²) < 4.78 is 11.1. The maximum absolute atomic E-state index is 14.2. The quantitative estimate of drug-likeness (QED) is 0.355. The fourth-order valence-electron chi connectivity index (χ4n) is 4.56. The Hall–Kier alpha value is -3.88. The van der Waals surface area contributed by atoms with Gasteiger partial charge < -0.3 is 25.0 Å². The Morgan fingerprint density at radius 3 is 1.93 bits per heavy atom. The summed E-state index contributed by atoms with van der Waals surface area (Å²) in [6.07, 6.45) is -0.526. The van der Waals surface area contributed by atoms with Crippen molar-refractivity contribution in [2.45, 2.75) is 105 Å². The van der Waals surface area contributed by atoms with Crippen LogP contribution in [0, 0.1) is 19.8 Å². The lowest BCUT2D eigenvalue weighted by atomic mass is 9.94. The van der Waals surface area contributed by atoms with Crippen LogP contribution in [-0.4, -0.2) is 59.1 Å². The molecule has 2 aromatic rings. The van der Waals surface area contributed by atoms with Gasteiger partial charge in [0.2, 0.25) is 11.8 Å². The molecule has 2 N–H and O–H groups in total. The summed E-state index contributed by atoms with van der Waals surface area (Å²) in [4.78, 5) is 55.5. The molecule has 43 heavy (non-hydrogen) atoms. The van der Waals surface area contributed by atoms with Crippen LogP contribution in [0.1, 0.15) is 83.7 Å². The Labute approximate surface area is 256 Å². The van der Waals surface area contributed by atoms with Crippen molar-refractivity contribution in [1.29, 1.82) is 0 Å². The maximum Gasteiger partial charge on any atom is 0.408 e. The van der Waals surface area contributed by atoms with Crippen molar-refractivity contribution in [2.24, 2.45) is 5.92 Å². The number of nitrogens with zero attached hydrogens (tertiary/aromatic N) is 1. The third-order valence-electron chi connectivity index (χ3n) is 6.82. The minimum Gasteiger partial charge on any atom is -0.458 e. The summed E-state index contributed by atoms with van der Waals surface area (Å²) in [5.41, 5.74) is 1.70. The summed E-state index contributed by atoms with van der Waals surface area (Å²) in [6, 6.07) is 11.8. The van der Waals surface area contributed by atoms with Crippen LogP contribution in [0.25, 0.3) is 0 Å². The van der Waals surface area contributed by atoms with Crippen LogP contribution in [0.4, 0.5) is 4.79 Å². The molecule has 9 heteroatoms. The van der Waals surface area contributed by atoms with Crippen molar-refractivity contribution in [3.8, 4) is 0 Å². The van der Waals surface area contributed by atoms with Crippen LogP contribution in [0.5, 0.6) is 0 Å². The van der Waals surface area contributed by atoms with Crippen LogP contribution >= 0.6 is 0 Å². The Bertz CT molecular complexity index is 1280. The number of benzene rings is 2. The highest BCUT2D eigenvalue weighted by Crippen LogP contribution is 2.27. The van der Waals surface area contributed by atoms with Crippen molar-refractivity contribution in [2.75, 3.05) is 7.05 Å². The van der Waals surface area contributed by atoms with E-state index in [4.69, 9.17) is 9.47 Å². The number of likely N-dealkylation sites (N-methyl/N-ethyl adjacent to an activating group) is 1. The molecule has 0 aliphatic carbocycles. The molecule has 2 rings (SSSR count). The van der Waals surface area contributed by atoms with Gasteiger partial charge in [0, 0.05) is 13.5 Å². The monoisotopic (exact) mass is 595 g/mol. The average molecular weight is 596 g/mol. The minimum atomic E-state index is -1.10. The smallest absolute Gasteiger partial charge is 0.408 e. The van der Waals surface area contributed by atoms with Crippen molar-refractivity contribution in [3.63, 3.8) is 0 Å². The van der Waals surface area contributed by atoms with E-state index in [-0.39, 0.29) is 12.3 Å². The zero-order valence-corrected chi connectivity index (χ0v) is 27.5. The number of alkyl carbamates (subject to hydrolysis) is 1. The van der Waals surface area contributed by atoms with E-state index in [0.717, 1.165) is 16.7 Å². The van der Waals surface area contributed by atoms with Gasteiger partial charge in [0.15, 0.2) is 0 Å². The van der Waals surface area contributed by atoms with E-state index >= 15 is 0 Å². The Balaban J connectivity index is 2.52. The molecule has 0 spiro atoms. The van der Waals surface area contributed by atoms with Gasteiger partial charge in [-0.25, -0.2) is 9.59 Å². The van der Waals surface area contributed by atoms with Crippen LogP contribution in [-0.2, 0) is 30.3 Å². The molecular weight excluding hydrogens is 546 g/mol. The number of hydrogen-bond donors (Lipinski definition) is 2. The van der Waals surface area contributed by atoms with Crippen LogP contribution in [0.2, 0.25) is 0 Å². The van der Waals surface area contributed by atoms with Gasteiger partial charge in [0.1, 0.15) is 29.3 Å². The first kappa shape index (κ1) is 35.3. The highest BCUT2D eigenvalue weighted by Gasteiger charge is 2.38. The standard InChI is InChI=1S/C34H49N3O6/c1-21(2)27(36-32(41)43-34(8,9)10)30(39)37(11)28(25-19-15-16-22(3)23(25)4)29(38)35-26(31(40)42-33(5,6)7)20-24-17-13-12-14-18-24/h12-19,21,26-28H,20H2,1-11H3,(H,35,38)(H,36,41). The molecule has 0 aliphatic rings. The van der Waals surface area contributed by atoms with E-state index in [2.05, 4.69) is 10.6 Å². The highest BCUT2D eigenvalue weighted by atomic mass is 16.6. The topological polar surface area (TPSA) is 114 Å². The second kappa shape index (κ2) is 14.5. The molecule has 9 nitrogen and oxygen atoms in total. The van der Waals surface area contributed by atoms with E-state index in [9.17, 15) is 19.2 Å². The molecule has 0 saturated heterocycles. The second-order valence-electron chi connectivity index (χ2n) is 13.3. The lowest BCUT2D eigenvalue weighted by Crippen LogP contribution is -2.55. The van der Waals surface area contributed by atoms with Crippen molar-refractivity contribution >= 4 is 23.9 Å². The first-order chi connectivity index (χ1) is 19.8. The van der Waals surface area contributed by atoms with Gasteiger partial charge in [-0.1, -0.05) is 62.4 Å². The van der Waals surface area contributed by atoms with Crippen molar-refractivity contribution in [3.05, 3.63) is 70.8 Å². The number of carbonyl (C=O) groups excluding carboxylic acids is 4. The number of nitrogens with one attached hydrogen (secondary N) is 2. The summed E-state index contributed by atoms with van der Waals surface area (Å²) in [5, 5.41) is 5.57. The molecule has 3 amide bonds. The van der Waals surface area contributed by atoms with Gasteiger partial charge in [-0.05, 0) is 83.6 Å². The Morgan fingerprint density at radius 1 is 0.814 bits per heavy atom. The van der Waals surface area contributed by atoms with Crippen molar-refractivity contribution in [1.82, 2.24) is 15.5 Å². The van der Waals surface area contributed by atoms with Crippen LogP contribution in [0.15, 0.2) is 48.5 Å². The maximum atomic E-state index is 14.2. The number of carbonyl (C=O) groups is 4. The van der Waals surface area contributed by atoms with E-state index in [0.29, 0.717) is 5.56 Å². The lowest BCUT2D eigenvalue weighted by Gasteiger charge is -2.34. The summed E-state index contributed by atoms with van der Waals surface area (Å²) in [5.74, 6) is -1.91. The molecule has 0 fully saturated rings. The molecule has 0 bridgehead atoms. The van der Waals surface area contributed by atoms with Gasteiger partial charge in [0.25, 0.3) is 0 Å².